The Hall–Kier alpha value is -2.63. The molecule has 26 heavy (non-hydrogen) atoms. The van der Waals surface area contributed by atoms with Crippen LogP contribution < -0.4 is 0 Å². The van der Waals surface area contributed by atoms with Crippen molar-refractivity contribution < 1.29 is 9.21 Å². The minimum atomic E-state index is -0.118. The number of fused-ring (bicyclic) bond motifs is 2. The third kappa shape index (κ3) is 3.23. The summed E-state index contributed by atoms with van der Waals surface area (Å²) in [5.74, 6) is 2.67. The average molecular weight is 352 g/mol. The molecule has 1 aromatic carbocycles. The Morgan fingerprint density at radius 2 is 2.08 bits per heavy atom. The molecule has 1 amide bonds. The van der Waals surface area contributed by atoms with Gasteiger partial charge in [0, 0.05) is 31.2 Å². The second-order valence-electron chi connectivity index (χ2n) is 7.90. The maximum absolute atomic E-state index is 12.6. The van der Waals surface area contributed by atoms with Gasteiger partial charge in [0.15, 0.2) is 5.89 Å². The molecule has 0 saturated heterocycles. The summed E-state index contributed by atoms with van der Waals surface area (Å²) in [4.78, 5) is 26.9. The Kier molecular flexibility index (Phi) is 4.05. The molecule has 0 saturated carbocycles. The number of para-hydroxylation sites is 2. The van der Waals surface area contributed by atoms with Crippen molar-refractivity contribution in [1.29, 1.82) is 0 Å². The molecule has 0 atom stereocenters. The summed E-state index contributed by atoms with van der Waals surface area (Å²) >= 11 is 0. The van der Waals surface area contributed by atoms with Gasteiger partial charge in [0.25, 0.3) is 0 Å². The molecule has 0 spiro atoms. The number of imidazole rings is 1. The van der Waals surface area contributed by atoms with Gasteiger partial charge in [-0.2, -0.15) is 0 Å². The van der Waals surface area contributed by atoms with Crippen LogP contribution in [0.15, 0.2) is 28.7 Å². The Balaban J connectivity index is 1.40. The summed E-state index contributed by atoms with van der Waals surface area (Å²) in [6, 6.07) is 7.91. The second-order valence-corrected chi connectivity index (χ2v) is 7.90. The van der Waals surface area contributed by atoms with Crippen molar-refractivity contribution in [1.82, 2.24) is 19.9 Å². The SMILES string of the molecule is CC(C)(C)c1nc2c(o1)CCN(C(=O)CCc1nc3ccccc3[nH]1)C2. The number of aryl methyl sites for hydroxylation is 1. The molecule has 0 aliphatic carbocycles. The largest absolute Gasteiger partial charge is 0.445 e. The number of benzene rings is 1. The number of aromatic amines is 1. The molecule has 136 valence electrons. The summed E-state index contributed by atoms with van der Waals surface area (Å²) in [5.41, 5.74) is 2.73. The molecule has 1 N–H and O–H groups in total. The van der Waals surface area contributed by atoms with Crippen molar-refractivity contribution in [2.75, 3.05) is 6.54 Å². The zero-order chi connectivity index (χ0) is 18.3. The molecule has 1 aliphatic heterocycles. The van der Waals surface area contributed by atoms with E-state index in [0.717, 1.165) is 40.6 Å². The van der Waals surface area contributed by atoms with Gasteiger partial charge >= 0.3 is 0 Å². The number of amides is 1. The van der Waals surface area contributed by atoms with Gasteiger partial charge in [-0.15, -0.1) is 0 Å². The topological polar surface area (TPSA) is 75.0 Å². The van der Waals surface area contributed by atoms with Crippen molar-refractivity contribution in [3.8, 4) is 0 Å². The van der Waals surface area contributed by atoms with E-state index in [2.05, 4.69) is 35.7 Å². The smallest absolute Gasteiger partial charge is 0.223 e. The lowest BCUT2D eigenvalue weighted by atomic mass is 9.97. The van der Waals surface area contributed by atoms with E-state index in [9.17, 15) is 4.79 Å². The number of hydrogen-bond acceptors (Lipinski definition) is 4. The highest BCUT2D eigenvalue weighted by atomic mass is 16.4. The lowest BCUT2D eigenvalue weighted by Crippen LogP contribution is -2.36. The highest BCUT2D eigenvalue weighted by Gasteiger charge is 2.29. The second kappa shape index (κ2) is 6.27. The highest BCUT2D eigenvalue weighted by Crippen LogP contribution is 2.27. The van der Waals surface area contributed by atoms with E-state index >= 15 is 0 Å². The van der Waals surface area contributed by atoms with Crippen LogP contribution in [0.4, 0.5) is 0 Å². The van der Waals surface area contributed by atoms with Gasteiger partial charge in [-0.05, 0) is 12.1 Å². The van der Waals surface area contributed by atoms with Crippen LogP contribution in [-0.4, -0.2) is 32.3 Å². The molecule has 3 heterocycles. The molecule has 2 aromatic heterocycles. The molecular weight excluding hydrogens is 328 g/mol. The Labute approximate surface area is 152 Å². The van der Waals surface area contributed by atoms with Gasteiger partial charge in [0.05, 0.1) is 17.6 Å². The molecular formula is C20H24N4O2. The number of rotatable bonds is 3. The predicted octanol–water partition coefficient (Wildman–Crippen LogP) is 3.37. The monoisotopic (exact) mass is 352 g/mol. The molecule has 0 fully saturated rings. The van der Waals surface area contributed by atoms with Gasteiger partial charge < -0.3 is 14.3 Å². The van der Waals surface area contributed by atoms with E-state index in [1.54, 1.807) is 0 Å². The Bertz CT molecular complexity index is 915. The minimum absolute atomic E-state index is 0.118. The molecule has 0 radical (unpaired) electrons. The van der Waals surface area contributed by atoms with E-state index in [4.69, 9.17) is 4.42 Å². The fraction of sp³-hybridized carbons (Fsp3) is 0.450. The summed E-state index contributed by atoms with van der Waals surface area (Å²) < 4.78 is 5.90. The van der Waals surface area contributed by atoms with Crippen LogP contribution in [0.1, 0.15) is 50.4 Å². The van der Waals surface area contributed by atoms with E-state index in [1.807, 2.05) is 29.2 Å². The van der Waals surface area contributed by atoms with Crippen LogP contribution in [0, 0.1) is 0 Å². The fourth-order valence-electron chi connectivity index (χ4n) is 3.24. The van der Waals surface area contributed by atoms with Gasteiger partial charge in [-0.1, -0.05) is 32.9 Å². The number of hydrogen-bond donors (Lipinski definition) is 1. The maximum atomic E-state index is 12.6. The van der Waals surface area contributed by atoms with Crippen molar-refractivity contribution in [2.24, 2.45) is 0 Å². The van der Waals surface area contributed by atoms with Crippen LogP contribution in [0.3, 0.4) is 0 Å². The predicted molar refractivity (Wildman–Crippen MR) is 98.7 cm³/mol. The quantitative estimate of drug-likeness (QED) is 0.784. The first-order chi connectivity index (χ1) is 12.4. The van der Waals surface area contributed by atoms with Crippen LogP contribution in [0.25, 0.3) is 11.0 Å². The molecule has 0 bridgehead atoms. The number of oxazole rings is 1. The Morgan fingerprint density at radius 3 is 2.85 bits per heavy atom. The normalized spacial score (nSPS) is 14.7. The number of aromatic nitrogens is 3. The number of nitrogens with zero attached hydrogens (tertiary/aromatic N) is 3. The lowest BCUT2D eigenvalue weighted by molar-refractivity contribution is -0.132. The number of nitrogens with one attached hydrogen (secondary N) is 1. The van der Waals surface area contributed by atoms with Gasteiger partial charge in [0.2, 0.25) is 5.91 Å². The molecule has 6 heteroatoms. The third-order valence-corrected chi connectivity index (χ3v) is 4.74. The van der Waals surface area contributed by atoms with Gasteiger partial charge in [0.1, 0.15) is 17.3 Å². The minimum Gasteiger partial charge on any atom is -0.445 e. The molecule has 0 unspecified atom stereocenters. The molecule has 4 rings (SSSR count). The molecule has 3 aromatic rings. The number of carbonyl (C=O) groups is 1. The third-order valence-electron chi connectivity index (χ3n) is 4.74. The fourth-order valence-corrected chi connectivity index (χ4v) is 3.24. The van der Waals surface area contributed by atoms with E-state index in [1.165, 1.54) is 0 Å². The lowest BCUT2D eigenvalue weighted by Gasteiger charge is -2.25. The summed E-state index contributed by atoms with van der Waals surface area (Å²) in [5, 5.41) is 0. The highest BCUT2D eigenvalue weighted by molar-refractivity contribution is 5.77. The maximum Gasteiger partial charge on any atom is 0.223 e. The molecule has 1 aliphatic rings. The molecule has 6 nitrogen and oxygen atoms in total. The van der Waals surface area contributed by atoms with Gasteiger partial charge in [-0.25, -0.2) is 9.97 Å². The summed E-state index contributed by atoms with van der Waals surface area (Å²) in [6.45, 7) is 7.47. The summed E-state index contributed by atoms with van der Waals surface area (Å²) in [6.07, 6.45) is 1.79. The van der Waals surface area contributed by atoms with Crippen LogP contribution >= 0.6 is 0 Å². The average Bonchev–Trinajstić information content (AvgIpc) is 3.22. The van der Waals surface area contributed by atoms with Crippen molar-refractivity contribution >= 4 is 16.9 Å². The Morgan fingerprint density at radius 1 is 1.27 bits per heavy atom. The first kappa shape index (κ1) is 16.8. The van der Waals surface area contributed by atoms with Crippen LogP contribution in [-0.2, 0) is 29.6 Å². The standard InChI is InChI=1S/C20H24N4O2/c1-20(2,3)19-23-15-12-24(11-10-16(15)26-19)18(25)9-8-17-21-13-6-4-5-7-14(13)22-17/h4-7H,8-12H2,1-3H3,(H,21,22). The van der Waals surface area contributed by atoms with Crippen molar-refractivity contribution in [2.45, 2.75) is 52.0 Å². The zero-order valence-corrected chi connectivity index (χ0v) is 15.5. The first-order valence-corrected chi connectivity index (χ1v) is 9.10. The van der Waals surface area contributed by atoms with Crippen molar-refractivity contribution in [3.63, 3.8) is 0 Å². The van der Waals surface area contributed by atoms with Crippen LogP contribution in [0.2, 0.25) is 0 Å². The summed E-state index contributed by atoms with van der Waals surface area (Å²) in [7, 11) is 0. The first-order valence-electron chi connectivity index (χ1n) is 9.10. The number of carbonyl (C=O) groups excluding carboxylic acids is 1. The van der Waals surface area contributed by atoms with Crippen LogP contribution in [0.5, 0.6) is 0 Å². The van der Waals surface area contributed by atoms with E-state index in [-0.39, 0.29) is 11.3 Å². The van der Waals surface area contributed by atoms with E-state index in [0.29, 0.717) is 25.9 Å². The van der Waals surface area contributed by atoms with E-state index < -0.39 is 0 Å². The van der Waals surface area contributed by atoms with Gasteiger partial charge in [-0.3, -0.25) is 4.79 Å². The zero-order valence-electron chi connectivity index (χ0n) is 15.5. The van der Waals surface area contributed by atoms with Crippen molar-refractivity contribution in [3.05, 3.63) is 47.4 Å². The number of H-pyrrole nitrogens is 1.